The van der Waals surface area contributed by atoms with E-state index in [-0.39, 0.29) is 17.1 Å². The number of carbonyl (C=O) groups excluding carboxylic acids is 1. The summed E-state index contributed by atoms with van der Waals surface area (Å²) >= 11 is 5.90. The first-order valence-corrected chi connectivity index (χ1v) is 9.37. The number of carbonyl (C=O) groups is 1. The summed E-state index contributed by atoms with van der Waals surface area (Å²) < 4.78 is 12.2. The van der Waals surface area contributed by atoms with Gasteiger partial charge < -0.3 is 14.8 Å². The first-order chi connectivity index (χ1) is 14.4. The normalized spacial score (nSPS) is 10.5. The van der Waals surface area contributed by atoms with Crippen molar-refractivity contribution in [3.63, 3.8) is 0 Å². The van der Waals surface area contributed by atoms with E-state index in [1.165, 1.54) is 25.4 Å². The summed E-state index contributed by atoms with van der Waals surface area (Å²) in [5.41, 5.74) is 0.382. The average molecular weight is 431 g/mol. The van der Waals surface area contributed by atoms with Crippen LogP contribution in [0.2, 0.25) is 5.02 Å². The van der Waals surface area contributed by atoms with Crippen molar-refractivity contribution in [2.45, 2.75) is 13.5 Å². The fourth-order valence-corrected chi connectivity index (χ4v) is 2.95. The van der Waals surface area contributed by atoms with Crippen LogP contribution in [0.3, 0.4) is 0 Å². The number of amides is 1. The Labute approximate surface area is 177 Å². The molecule has 3 aromatic rings. The molecule has 0 aliphatic carbocycles. The van der Waals surface area contributed by atoms with Gasteiger partial charge >= 0.3 is 0 Å². The molecule has 1 amide bonds. The van der Waals surface area contributed by atoms with Crippen molar-refractivity contribution in [2.75, 3.05) is 19.0 Å². The zero-order valence-electron chi connectivity index (χ0n) is 16.3. The quantitative estimate of drug-likeness (QED) is 0.424. The van der Waals surface area contributed by atoms with E-state index in [9.17, 15) is 14.9 Å². The van der Waals surface area contributed by atoms with Crippen molar-refractivity contribution in [1.29, 1.82) is 0 Å². The van der Waals surface area contributed by atoms with Crippen LogP contribution in [0.25, 0.3) is 0 Å². The number of hydrogen-bond acceptors (Lipinski definition) is 6. The van der Waals surface area contributed by atoms with Gasteiger partial charge in [-0.15, -0.1) is 0 Å². The molecule has 30 heavy (non-hydrogen) atoms. The lowest BCUT2D eigenvalue weighted by Gasteiger charge is -2.13. The van der Waals surface area contributed by atoms with Gasteiger partial charge in [0.1, 0.15) is 11.4 Å². The smallest absolute Gasteiger partial charge is 0.286 e. The molecular formula is C20H19ClN4O5. The summed E-state index contributed by atoms with van der Waals surface area (Å²) in [4.78, 5) is 23.7. The van der Waals surface area contributed by atoms with Gasteiger partial charge in [-0.25, -0.2) is 4.68 Å². The highest BCUT2D eigenvalue weighted by atomic mass is 35.5. The van der Waals surface area contributed by atoms with Crippen LogP contribution < -0.4 is 14.8 Å². The Hall–Kier alpha value is -3.59. The predicted octanol–water partition coefficient (Wildman–Crippen LogP) is 4.15. The number of halogens is 1. The van der Waals surface area contributed by atoms with Gasteiger partial charge in [0.15, 0.2) is 11.5 Å². The van der Waals surface area contributed by atoms with Crippen LogP contribution in [0.1, 0.15) is 22.8 Å². The molecule has 3 rings (SSSR count). The summed E-state index contributed by atoms with van der Waals surface area (Å²) in [6.07, 6.45) is 1.53. The number of aromatic nitrogens is 2. The lowest BCUT2D eigenvalue weighted by atomic mass is 10.1. The third-order valence-electron chi connectivity index (χ3n) is 4.23. The number of methoxy groups -OCH3 is 1. The Kier molecular flexibility index (Phi) is 6.53. The summed E-state index contributed by atoms with van der Waals surface area (Å²) in [5.74, 6) is 0.138. The molecule has 9 nitrogen and oxygen atoms in total. The Balaban J connectivity index is 1.89. The van der Waals surface area contributed by atoms with Crippen molar-refractivity contribution in [1.82, 2.24) is 9.78 Å². The largest absolute Gasteiger partial charge is 0.493 e. The Bertz CT molecular complexity index is 1070. The molecule has 0 fully saturated rings. The van der Waals surface area contributed by atoms with E-state index >= 15 is 0 Å². The summed E-state index contributed by atoms with van der Waals surface area (Å²) in [7, 11) is 1.37. The van der Waals surface area contributed by atoms with E-state index in [4.69, 9.17) is 21.1 Å². The summed E-state index contributed by atoms with van der Waals surface area (Å²) in [6, 6.07) is 11.3. The van der Waals surface area contributed by atoms with Crippen LogP contribution in [-0.4, -0.2) is 34.3 Å². The van der Waals surface area contributed by atoms with Gasteiger partial charge in [-0.05, 0) is 24.6 Å². The number of rotatable bonds is 8. The minimum Gasteiger partial charge on any atom is -0.493 e. The molecule has 1 heterocycles. The van der Waals surface area contributed by atoms with Gasteiger partial charge in [-0.3, -0.25) is 14.9 Å². The highest BCUT2D eigenvalue weighted by Crippen LogP contribution is 2.35. The lowest BCUT2D eigenvalue weighted by Crippen LogP contribution is -2.18. The Morgan fingerprint density at radius 1 is 1.23 bits per heavy atom. The molecule has 0 radical (unpaired) electrons. The predicted molar refractivity (Wildman–Crippen MR) is 112 cm³/mol. The molecule has 0 spiro atoms. The van der Waals surface area contributed by atoms with Gasteiger partial charge in [0.05, 0.1) is 37.4 Å². The highest BCUT2D eigenvalue weighted by Gasteiger charge is 2.25. The minimum atomic E-state index is -0.664. The zero-order valence-corrected chi connectivity index (χ0v) is 17.0. The fourth-order valence-electron chi connectivity index (χ4n) is 2.82. The first kappa shape index (κ1) is 21.1. The van der Waals surface area contributed by atoms with Gasteiger partial charge in [-0.2, -0.15) is 5.10 Å². The maximum absolute atomic E-state index is 12.9. The van der Waals surface area contributed by atoms with Crippen LogP contribution >= 0.6 is 11.6 Å². The number of anilines is 1. The third kappa shape index (κ3) is 4.69. The van der Waals surface area contributed by atoms with Crippen LogP contribution in [0, 0.1) is 10.1 Å². The van der Waals surface area contributed by atoms with E-state index in [1.807, 2.05) is 12.1 Å². The second-order valence-corrected chi connectivity index (χ2v) is 6.60. The number of nitro groups is 1. The van der Waals surface area contributed by atoms with Crippen molar-refractivity contribution in [3.05, 3.63) is 74.9 Å². The third-order valence-corrected chi connectivity index (χ3v) is 4.48. The van der Waals surface area contributed by atoms with Gasteiger partial charge in [0.2, 0.25) is 0 Å². The zero-order chi connectivity index (χ0) is 21.7. The first-order valence-electron chi connectivity index (χ1n) is 8.99. The monoisotopic (exact) mass is 430 g/mol. The van der Waals surface area contributed by atoms with E-state index in [0.29, 0.717) is 24.0 Å². The molecular weight excluding hydrogens is 412 g/mol. The molecule has 2 aromatic carbocycles. The van der Waals surface area contributed by atoms with Crippen LogP contribution in [0.5, 0.6) is 11.5 Å². The number of hydrogen-bond donors (Lipinski definition) is 1. The number of nitro benzene ring substituents is 1. The number of nitrogens with zero attached hydrogens (tertiary/aromatic N) is 3. The van der Waals surface area contributed by atoms with Gasteiger partial charge in [0.25, 0.3) is 11.6 Å². The second-order valence-electron chi connectivity index (χ2n) is 6.17. The molecule has 156 valence electrons. The van der Waals surface area contributed by atoms with Crippen molar-refractivity contribution < 1.29 is 19.2 Å². The van der Waals surface area contributed by atoms with Crippen LogP contribution in [0.15, 0.2) is 48.7 Å². The van der Waals surface area contributed by atoms with Crippen molar-refractivity contribution >= 4 is 29.0 Å². The molecule has 1 N–H and O–H groups in total. The standard InChI is InChI=1S/C20H19ClN4O5/c1-3-30-18-10-15(16(25(27)28)11-17(18)29-2)20(26)23-19-8-9-22-24(19)12-13-4-6-14(21)7-5-13/h4-11H,3,12H2,1-2H3,(H,23,26). The maximum Gasteiger partial charge on any atom is 0.286 e. The summed E-state index contributed by atoms with van der Waals surface area (Å²) in [5, 5.41) is 19.0. The lowest BCUT2D eigenvalue weighted by molar-refractivity contribution is -0.385. The Morgan fingerprint density at radius 3 is 2.60 bits per heavy atom. The molecule has 0 aliphatic heterocycles. The molecule has 0 saturated heterocycles. The summed E-state index contributed by atoms with van der Waals surface area (Å²) in [6.45, 7) is 2.45. The fraction of sp³-hybridized carbons (Fsp3) is 0.200. The van der Waals surface area contributed by atoms with Crippen LogP contribution in [0.4, 0.5) is 11.5 Å². The van der Waals surface area contributed by atoms with Gasteiger partial charge in [-0.1, -0.05) is 23.7 Å². The average Bonchev–Trinajstić information content (AvgIpc) is 3.15. The molecule has 0 saturated carbocycles. The maximum atomic E-state index is 12.9. The molecule has 10 heteroatoms. The van der Waals surface area contributed by atoms with E-state index in [2.05, 4.69) is 10.4 Å². The molecule has 0 atom stereocenters. The van der Waals surface area contributed by atoms with E-state index < -0.39 is 16.5 Å². The van der Waals surface area contributed by atoms with E-state index in [1.54, 1.807) is 29.8 Å². The SMILES string of the molecule is CCOc1cc(C(=O)Nc2ccnn2Cc2ccc(Cl)cc2)c([N+](=O)[O-])cc1OC. The van der Waals surface area contributed by atoms with Crippen LogP contribution in [-0.2, 0) is 6.54 Å². The molecule has 0 unspecified atom stereocenters. The highest BCUT2D eigenvalue weighted by molar-refractivity contribution is 6.30. The molecule has 1 aromatic heterocycles. The van der Waals surface area contributed by atoms with Gasteiger partial charge in [0, 0.05) is 17.2 Å². The topological polar surface area (TPSA) is 109 Å². The molecule has 0 bridgehead atoms. The van der Waals surface area contributed by atoms with E-state index in [0.717, 1.165) is 5.56 Å². The van der Waals surface area contributed by atoms with Crippen molar-refractivity contribution in [3.8, 4) is 11.5 Å². The second kappa shape index (κ2) is 9.27. The molecule has 0 aliphatic rings. The minimum absolute atomic E-state index is 0.150. The number of ether oxygens (including phenoxy) is 2. The van der Waals surface area contributed by atoms with Crippen molar-refractivity contribution in [2.24, 2.45) is 0 Å². The Morgan fingerprint density at radius 2 is 1.97 bits per heavy atom. The number of nitrogens with one attached hydrogen (secondary N) is 1. The number of benzene rings is 2.